The van der Waals surface area contributed by atoms with E-state index in [-0.39, 0.29) is 6.42 Å². The van der Waals surface area contributed by atoms with E-state index in [4.69, 9.17) is 9.84 Å². The minimum Gasteiger partial charge on any atom is -0.497 e. The summed E-state index contributed by atoms with van der Waals surface area (Å²) in [4.78, 5) is 19.0. The molecule has 2 aromatic rings. The second-order valence-corrected chi connectivity index (χ2v) is 3.98. The Hall–Kier alpha value is -2.43. The van der Waals surface area contributed by atoms with Gasteiger partial charge < -0.3 is 9.84 Å². The lowest BCUT2D eigenvalue weighted by atomic mass is 10.1. The van der Waals surface area contributed by atoms with Gasteiger partial charge in [-0.2, -0.15) is 0 Å². The van der Waals surface area contributed by atoms with Crippen molar-refractivity contribution < 1.29 is 14.6 Å². The van der Waals surface area contributed by atoms with Crippen molar-refractivity contribution in [2.24, 2.45) is 0 Å². The Morgan fingerprint density at radius 3 is 2.95 bits per heavy atom. The number of aliphatic carboxylic acids is 1. The minimum absolute atomic E-state index is 0.0293. The zero-order chi connectivity index (χ0) is 13.7. The first-order valence-corrected chi connectivity index (χ1v) is 5.87. The number of ether oxygens (including phenoxy) is 1. The highest BCUT2D eigenvalue weighted by atomic mass is 16.5. The topological polar surface area (TPSA) is 72.3 Å². The van der Waals surface area contributed by atoms with Crippen LogP contribution in [0.15, 0.2) is 36.5 Å². The van der Waals surface area contributed by atoms with Crippen LogP contribution in [0.2, 0.25) is 0 Å². The molecule has 19 heavy (non-hydrogen) atoms. The minimum atomic E-state index is -0.851. The van der Waals surface area contributed by atoms with Crippen molar-refractivity contribution >= 4 is 5.97 Å². The zero-order valence-corrected chi connectivity index (χ0v) is 10.5. The third-order valence-electron chi connectivity index (χ3n) is 2.63. The van der Waals surface area contributed by atoms with E-state index in [0.29, 0.717) is 12.2 Å². The molecule has 1 aromatic heterocycles. The Bertz CT molecular complexity index is 584. The molecule has 5 heteroatoms. The van der Waals surface area contributed by atoms with Crippen molar-refractivity contribution in [3.63, 3.8) is 0 Å². The smallest absolute Gasteiger partial charge is 0.303 e. The summed E-state index contributed by atoms with van der Waals surface area (Å²) in [5, 5.41) is 8.66. The molecule has 0 saturated heterocycles. The summed E-state index contributed by atoms with van der Waals surface area (Å²) < 4.78 is 5.16. The number of carboxylic acids is 1. The first-order chi connectivity index (χ1) is 9.19. The number of carboxylic acid groups (broad SMARTS) is 1. The molecule has 0 aliphatic heterocycles. The molecule has 0 unspecified atom stereocenters. The fourth-order valence-corrected chi connectivity index (χ4v) is 1.68. The maximum absolute atomic E-state index is 10.5. The highest BCUT2D eigenvalue weighted by molar-refractivity contribution is 5.67. The van der Waals surface area contributed by atoms with E-state index in [2.05, 4.69) is 9.97 Å². The third kappa shape index (κ3) is 3.51. The van der Waals surface area contributed by atoms with Crippen molar-refractivity contribution in [3.8, 4) is 17.0 Å². The first-order valence-electron chi connectivity index (χ1n) is 5.87. The lowest BCUT2D eigenvalue weighted by molar-refractivity contribution is -0.137. The van der Waals surface area contributed by atoms with E-state index in [9.17, 15) is 4.79 Å². The van der Waals surface area contributed by atoms with Crippen molar-refractivity contribution in [2.45, 2.75) is 12.8 Å². The third-order valence-corrected chi connectivity index (χ3v) is 2.63. The fraction of sp³-hybridized carbons (Fsp3) is 0.214. The molecule has 2 rings (SSSR count). The molecule has 0 bridgehead atoms. The van der Waals surface area contributed by atoms with Crippen molar-refractivity contribution in [1.29, 1.82) is 0 Å². The van der Waals surface area contributed by atoms with Gasteiger partial charge in [-0.15, -0.1) is 0 Å². The molecule has 1 heterocycles. The number of hydrogen-bond donors (Lipinski definition) is 1. The molecule has 0 spiro atoms. The highest BCUT2D eigenvalue weighted by Gasteiger charge is 2.05. The van der Waals surface area contributed by atoms with Crippen LogP contribution >= 0.6 is 0 Å². The number of hydrogen-bond acceptors (Lipinski definition) is 4. The Balaban J connectivity index is 2.24. The van der Waals surface area contributed by atoms with Crippen LogP contribution in [0.5, 0.6) is 5.75 Å². The molecule has 1 N–H and O–H groups in total. The Morgan fingerprint density at radius 1 is 1.37 bits per heavy atom. The summed E-state index contributed by atoms with van der Waals surface area (Å²) >= 11 is 0. The fourth-order valence-electron chi connectivity index (χ4n) is 1.68. The van der Waals surface area contributed by atoms with Gasteiger partial charge in [0, 0.05) is 18.2 Å². The zero-order valence-electron chi connectivity index (χ0n) is 10.5. The first kappa shape index (κ1) is 13.0. The molecule has 98 valence electrons. The number of carbonyl (C=O) groups is 1. The van der Waals surface area contributed by atoms with Crippen LogP contribution < -0.4 is 4.74 Å². The highest BCUT2D eigenvalue weighted by Crippen LogP contribution is 2.21. The quantitative estimate of drug-likeness (QED) is 0.889. The van der Waals surface area contributed by atoms with Crippen molar-refractivity contribution in [3.05, 3.63) is 42.4 Å². The maximum atomic E-state index is 10.5. The van der Waals surface area contributed by atoms with Crippen LogP contribution in [0.25, 0.3) is 11.3 Å². The molecule has 0 amide bonds. The second-order valence-electron chi connectivity index (χ2n) is 3.98. The van der Waals surface area contributed by atoms with Gasteiger partial charge >= 0.3 is 5.97 Å². The maximum Gasteiger partial charge on any atom is 0.303 e. The van der Waals surface area contributed by atoms with Gasteiger partial charge in [0.05, 0.1) is 19.2 Å². The summed E-state index contributed by atoms with van der Waals surface area (Å²) in [5.41, 5.74) is 1.67. The second kappa shape index (κ2) is 5.95. The Kier molecular flexibility index (Phi) is 4.07. The number of nitrogens with zero attached hydrogens (tertiary/aromatic N) is 2. The molecule has 5 nitrogen and oxygen atoms in total. The summed E-state index contributed by atoms with van der Waals surface area (Å²) in [7, 11) is 1.61. The summed E-state index contributed by atoms with van der Waals surface area (Å²) in [6.07, 6.45) is 1.99. The van der Waals surface area contributed by atoms with Crippen LogP contribution in [0.4, 0.5) is 0 Å². The van der Waals surface area contributed by atoms with Crippen LogP contribution in [0, 0.1) is 0 Å². The molecular weight excluding hydrogens is 244 g/mol. The Morgan fingerprint density at radius 2 is 2.21 bits per heavy atom. The summed E-state index contributed by atoms with van der Waals surface area (Å²) in [5.74, 6) is 0.432. The number of benzene rings is 1. The van der Waals surface area contributed by atoms with Gasteiger partial charge in [-0.25, -0.2) is 9.97 Å². The molecule has 0 radical (unpaired) electrons. The van der Waals surface area contributed by atoms with Crippen molar-refractivity contribution in [2.75, 3.05) is 7.11 Å². The van der Waals surface area contributed by atoms with Crippen LogP contribution in [-0.4, -0.2) is 28.2 Å². The van der Waals surface area contributed by atoms with E-state index >= 15 is 0 Å². The normalized spacial score (nSPS) is 10.2. The molecule has 1 aromatic carbocycles. The van der Waals surface area contributed by atoms with Gasteiger partial charge in [0.1, 0.15) is 11.6 Å². The van der Waals surface area contributed by atoms with Gasteiger partial charge in [-0.1, -0.05) is 12.1 Å². The van der Waals surface area contributed by atoms with Crippen LogP contribution in [0.3, 0.4) is 0 Å². The molecule has 0 atom stereocenters. The molecular formula is C14H14N2O3. The number of aromatic nitrogens is 2. The van der Waals surface area contributed by atoms with E-state index in [1.54, 1.807) is 19.4 Å². The molecule has 0 saturated carbocycles. The van der Waals surface area contributed by atoms with E-state index < -0.39 is 5.97 Å². The van der Waals surface area contributed by atoms with Crippen LogP contribution in [0.1, 0.15) is 12.2 Å². The van der Waals surface area contributed by atoms with Gasteiger partial charge in [-0.05, 0) is 18.2 Å². The van der Waals surface area contributed by atoms with E-state index in [1.807, 2.05) is 24.3 Å². The largest absolute Gasteiger partial charge is 0.497 e. The standard InChI is InChI=1S/C14H14N2O3/c1-19-11-4-2-3-10(9-11)12-7-8-15-13(16-12)5-6-14(17)18/h2-4,7-9H,5-6H2,1H3,(H,17,18). The monoisotopic (exact) mass is 258 g/mol. The number of methoxy groups -OCH3 is 1. The Labute approximate surface area is 110 Å². The summed E-state index contributed by atoms with van der Waals surface area (Å²) in [6.45, 7) is 0. The SMILES string of the molecule is COc1cccc(-c2ccnc(CCC(=O)O)n2)c1. The summed E-state index contributed by atoms with van der Waals surface area (Å²) in [6, 6.07) is 9.33. The predicted molar refractivity (Wildman–Crippen MR) is 70.0 cm³/mol. The molecule has 0 fully saturated rings. The van der Waals surface area contributed by atoms with E-state index in [1.165, 1.54) is 0 Å². The van der Waals surface area contributed by atoms with Crippen LogP contribution in [-0.2, 0) is 11.2 Å². The van der Waals surface area contributed by atoms with Gasteiger partial charge in [0.25, 0.3) is 0 Å². The lowest BCUT2D eigenvalue weighted by Gasteiger charge is -2.05. The van der Waals surface area contributed by atoms with Gasteiger partial charge in [-0.3, -0.25) is 4.79 Å². The molecule has 0 aliphatic rings. The number of rotatable bonds is 5. The molecule has 0 aliphatic carbocycles. The predicted octanol–water partition coefficient (Wildman–Crippen LogP) is 2.17. The van der Waals surface area contributed by atoms with Gasteiger partial charge in [0.2, 0.25) is 0 Å². The average molecular weight is 258 g/mol. The van der Waals surface area contributed by atoms with Crippen molar-refractivity contribution in [1.82, 2.24) is 9.97 Å². The average Bonchev–Trinajstić information content (AvgIpc) is 2.45. The lowest BCUT2D eigenvalue weighted by Crippen LogP contribution is -2.02. The van der Waals surface area contributed by atoms with Gasteiger partial charge in [0.15, 0.2) is 0 Å². The number of aryl methyl sites for hydroxylation is 1. The van der Waals surface area contributed by atoms with E-state index in [0.717, 1.165) is 17.0 Å².